The number of amides is 3. The predicted molar refractivity (Wildman–Crippen MR) is 133 cm³/mol. The predicted octanol–water partition coefficient (Wildman–Crippen LogP) is 4.17. The second kappa shape index (κ2) is 10.6. The van der Waals surface area contributed by atoms with Crippen molar-refractivity contribution >= 4 is 23.4 Å². The minimum absolute atomic E-state index is 0.153. The third-order valence-electron chi connectivity index (χ3n) is 6.31. The molecule has 3 amide bonds. The Balaban J connectivity index is 1.65. The normalized spacial score (nSPS) is 15.2. The van der Waals surface area contributed by atoms with E-state index in [2.05, 4.69) is 0 Å². The van der Waals surface area contributed by atoms with E-state index in [9.17, 15) is 18.8 Å². The lowest BCUT2D eigenvalue weighted by Crippen LogP contribution is -2.46. The molecule has 0 saturated carbocycles. The molecule has 4 rings (SSSR count). The van der Waals surface area contributed by atoms with Crippen LogP contribution in [0, 0.1) is 12.7 Å². The van der Waals surface area contributed by atoms with Gasteiger partial charge >= 0.3 is 0 Å². The van der Waals surface area contributed by atoms with E-state index in [1.807, 2.05) is 31.2 Å². The molecule has 186 valence electrons. The number of anilines is 1. The summed E-state index contributed by atoms with van der Waals surface area (Å²) in [5.41, 5.74) is 2.38. The molecule has 8 heteroatoms. The van der Waals surface area contributed by atoms with Crippen LogP contribution < -0.4 is 14.4 Å². The fourth-order valence-electron chi connectivity index (χ4n) is 4.37. The number of aryl methyl sites for hydroxylation is 1. The van der Waals surface area contributed by atoms with Crippen molar-refractivity contribution in [2.75, 3.05) is 25.7 Å². The van der Waals surface area contributed by atoms with Crippen molar-refractivity contribution < 1.29 is 28.2 Å². The topological polar surface area (TPSA) is 76.2 Å². The Bertz CT molecular complexity index is 1290. The zero-order chi connectivity index (χ0) is 25.8. The maximum absolute atomic E-state index is 13.7. The molecule has 1 saturated heterocycles. The van der Waals surface area contributed by atoms with Gasteiger partial charge in [-0.25, -0.2) is 9.29 Å². The van der Waals surface area contributed by atoms with Gasteiger partial charge in [-0.1, -0.05) is 24.3 Å². The van der Waals surface area contributed by atoms with Gasteiger partial charge in [0.1, 0.15) is 11.9 Å². The van der Waals surface area contributed by atoms with Crippen molar-refractivity contribution in [3.8, 4) is 11.5 Å². The van der Waals surface area contributed by atoms with E-state index in [-0.39, 0.29) is 24.6 Å². The molecule has 1 aliphatic rings. The molecule has 1 atom stereocenters. The number of nitrogens with zero attached hydrogens (tertiary/aromatic N) is 2. The number of hydrogen-bond acceptors (Lipinski definition) is 5. The molecular formula is C28H27FN2O5. The average Bonchev–Trinajstić information content (AvgIpc) is 3.18. The van der Waals surface area contributed by atoms with Crippen LogP contribution in [0.1, 0.15) is 27.9 Å². The summed E-state index contributed by atoms with van der Waals surface area (Å²) in [7, 11) is 3.10. The highest BCUT2D eigenvalue weighted by molar-refractivity contribution is 6.23. The number of rotatable bonds is 8. The summed E-state index contributed by atoms with van der Waals surface area (Å²) in [5, 5.41) is 0. The molecular weight excluding hydrogens is 463 g/mol. The van der Waals surface area contributed by atoms with Crippen LogP contribution in [0.4, 0.5) is 10.1 Å². The molecule has 3 aromatic carbocycles. The quantitative estimate of drug-likeness (QED) is 0.443. The lowest BCUT2D eigenvalue weighted by molar-refractivity contribution is -0.122. The first kappa shape index (κ1) is 24.9. The van der Waals surface area contributed by atoms with Crippen LogP contribution in [0.15, 0.2) is 66.7 Å². The number of halogens is 1. The molecule has 36 heavy (non-hydrogen) atoms. The van der Waals surface area contributed by atoms with Crippen LogP contribution in [0.25, 0.3) is 0 Å². The Hall–Kier alpha value is -4.20. The average molecular weight is 491 g/mol. The van der Waals surface area contributed by atoms with Crippen molar-refractivity contribution in [1.82, 2.24) is 4.90 Å². The summed E-state index contributed by atoms with van der Waals surface area (Å²) in [6.07, 6.45) is 0.270. The van der Waals surface area contributed by atoms with E-state index in [0.29, 0.717) is 23.5 Å². The molecule has 7 nitrogen and oxygen atoms in total. The molecule has 0 N–H and O–H groups in total. The van der Waals surface area contributed by atoms with E-state index < -0.39 is 23.7 Å². The van der Waals surface area contributed by atoms with Gasteiger partial charge in [0.2, 0.25) is 5.91 Å². The van der Waals surface area contributed by atoms with Crippen molar-refractivity contribution in [2.45, 2.75) is 25.8 Å². The molecule has 1 heterocycles. The Morgan fingerprint density at radius 1 is 1.00 bits per heavy atom. The van der Waals surface area contributed by atoms with Gasteiger partial charge < -0.3 is 14.4 Å². The molecule has 3 aromatic rings. The first-order valence-electron chi connectivity index (χ1n) is 11.5. The summed E-state index contributed by atoms with van der Waals surface area (Å²) >= 11 is 0. The first-order chi connectivity index (χ1) is 17.3. The SMILES string of the molecule is COc1ccc(CCN(C(=O)c2ccccc2C)C2CC(=O)N(c3ccc(F)cc3)C2=O)cc1OC. The second-order valence-corrected chi connectivity index (χ2v) is 8.52. The number of benzene rings is 3. The van der Waals surface area contributed by atoms with Crippen molar-refractivity contribution in [2.24, 2.45) is 0 Å². The van der Waals surface area contributed by atoms with Crippen LogP contribution in [-0.4, -0.2) is 49.4 Å². The van der Waals surface area contributed by atoms with E-state index in [1.165, 1.54) is 29.2 Å². The summed E-state index contributed by atoms with van der Waals surface area (Å²) < 4.78 is 24.1. The highest BCUT2D eigenvalue weighted by Crippen LogP contribution is 2.30. The second-order valence-electron chi connectivity index (χ2n) is 8.52. The molecule has 0 bridgehead atoms. The Labute approximate surface area is 209 Å². The van der Waals surface area contributed by atoms with Gasteiger partial charge in [-0.15, -0.1) is 0 Å². The Morgan fingerprint density at radius 3 is 2.36 bits per heavy atom. The third-order valence-corrected chi connectivity index (χ3v) is 6.31. The highest BCUT2D eigenvalue weighted by Gasteiger charge is 2.44. The summed E-state index contributed by atoms with van der Waals surface area (Å²) in [6.45, 7) is 2.02. The molecule has 0 spiro atoms. The fourth-order valence-corrected chi connectivity index (χ4v) is 4.37. The summed E-state index contributed by atoms with van der Waals surface area (Å²) in [5.74, 6) is -0.616. The number of carbonyl (C=O) groups excluding carboxylic acids is 3. The molecule has 1 aliphatic heterocycles. The summed E-state index contributed by atoms with van der Waals surface area (Å²) in [6, 6.07) is 16.8. The van der Waals surface area contributed by atoms with Gasteiger partial charge in [-0.3, -0.25) is 14.4 Å². The van der Waals surface area contributed by atoms with Crippen LogP contribution in [0.5, 0.6) is 11.5 Å². The van der Waals surface area contributed by atoms with Crippen LogP contribution in [0.3, 0.4) is 0 Å². The molecule has 0 radical (unpaired) electrons. The number of methoxy groups -OCH3 is 2. The van der Waals surface area contributed by atoms with Crippen LogP contribution >= 0.6 is 0 Å². The lowest BCUT2D eigenvalue weighted by atomic mass is 10.0. The highest BCUT2D eigenvalue weighted by atomic mass is 19.1. The van der Waals surface area contributed by atoms with Gasteiger partial charge in [0.05, 0.1) is 26.3 Å². The van der Waals surface area contributed by atoms with Gasteiger partial charge in [0.25, 0.3) is 11.8 Å². The standard InChI is InChI=1S/C28H27FN2O5/c1-18-6-4-5-7-22(18)27(33)30(15-14-19-8-13-24(35-2)25(16-19)36-3)23-17-26(32)31(28(23)34)21-11-9-20(29)10-12-21/h4-13,16,23H,14-15,17H2,1-3H3. The van der Waals surface area contributed by atoms with Gasteiger partial charge in [-0.05, 0) is 66.9 Å². The molecule has 1 fully saturated rings. The fraction of sp³-hybridized carbons (Fsp3) is 0.250. The smallest absolute Gasteiger partial charge is 0.257 e. The maximum atomic E-state index is 13.7. The largest absolute Gasteiger partial charge is 0.493 e. The number of carbonyl (C=O) groups is 3. The maximum Gasteiger partial charge on any atom is 0.257 e. The number of imide groups is 1. The van der Waals surface area contributed by atoms with Crippen molar-refractivity contribution in [3.05, 3.63) is 89.2 Å². The molecule has 0 aromatic heterocycles. The zero-order valence-corrected chi connectivity index (χ0v) is 20.4. The van der Waals surface area contributed by atoms with Gasteiger partial charge in [-0.2, -0.15) is 0 Å². The minimum atomic E-state index is -0.977. The van der Waals surface area contributed by atoms with E-state index in [1.54, 1.807) is 32.4 Å². The monoisotopic (exact) mass is 490 g/mol. The minimum Gasteiger partial charge on any atom is -0.493 e. The van der Waals surface area contributed by atoms with Gasteiger partial charge in [0.15, 0.2) is 11.5 Å². The Kier molecular flexibility index (Phi) is 7.33. The van der Waals surface area contributed by atoms with Gasteiger partial charge in [0, 0.05) is 12.1 Å². The zero-order valence-electron chi connectivity index (χ0n) is 20.4. The number of hydrogen-bond donors (Lipinski definition) is 0. The first-order valence-corrected chi connectivity index (χ1v) is 11.5. The number of ether oxygens (including phenoxy) is 2. The third kappa shape index (κ3) is 4.93. The van der Waals surface area contributed by atoms with E-state index in [0.717, 1.165) is 16.0 Å². The molecule has 1 unspecified atom stereocenters. The lowest BCUT2D eigenvalue weighted by Gasteiger charge is -2.28. The van der Waals surface area contributed by atoms with Crippen molar-refractivity contribution in [1.29, 1.82) is 0 Å². The van der Waals surface area contributed by atoms with E-state index in [4.69, 9.17) is 9.47 Å². The molecule has 0 aliphatic carbocycles. The van der Waals surface area contributed by atoms with Crippen LogP contribution in [-0.2, 0) is 16.0 Å². The van der Waals surface area contributed by atoms with Crippen LogP contribution in [0.2, 0.25) is 0 Å². The Morgan fingerprint density at radius 2 is 1.69 bits per heavy atom. The summed E-state index contributed by atoms with van der Waals surface area (Å²) in [4.78, 5) is 42.5. The van der Waals surface area contributed by atoms with Crippen molar-refractivity contribution in [3.63, 3.8) is 0 Å². The van der Waals surface area contributed by atoms with E-state index >= 15 is 0 Å².